The van der Waals surface area contributed by atoms with Crippen LogP contribution in [0.3, 0.4) is 0 Å². The van der Waals surface area contributed by atoms with Crippen molar-refractivity contribution in [1.29, 1.82) is 0 Å². The van der Waals surface area contributed by atoms with Gasteiger partial charge in [-0.2, -0.15) is 5.10 Å². The van der Waals surface area contributed by atoms with Gasteiger partial charge in [0, 0.05) is 41.4 Å². The molecule has 0 saturated carbocycles. The minimum absolute atomic E-state index is 0.0167. The van der Waals surface area contributed by atoms with E-state index in [2.05, 4.69) is 23.3 Å². The fourth-order valence-electron chi connectivity index (χ4n) is 5.70. The number of carbonyl (C=O) groups excluding carboxylic acids is 1. The topological polar surface area (TPSA) is 63.1 Å². The quantitative estimate of drug-likeness (QED) is 0.433. The maximum atomic E-state index is 13.6. The summed E-state index contributed by atoms with van der Waals surface area (Å²) in [5.74, 6) is 0.990. The molecule has 2 aliphatic rings. The zero-order chi connectivity index (χ0) is 23.9. The van der Waals surface area contributed by atoms with Crippen LogP contribution in [0.2, 0.25) is 0 Å². The Morgan fingerprint density at radius 2 is 1.86 bits per heavy atom. The molecule has 6 rings (SSSR count). The Morgan fingerprint density at radius 3 is 2.63 bits per heavy atom. The smallest absolute Gasteiger partial charge is 0.274 e. The number of methoxy groups -OCH3 is 1. The fraction of sp³-hybridized carbons (Fsp3) is 0.357. The van der Waals surface area contributed by atoms with Gasteiger partial charge in [-0.05, 0) is 92.5 Å². The Balaban J connectivity index is 1.23. The number of carbonyl (C=O) groups is 1. The van der Waals surface area contributed by atoms with E-state index in [0.29, 0.717) is 24.7 Å². The van der Waals surface area contributed by atoms with Crippen molar-refractivity contribution in [2.45, 2.75) is 44.4 Å². The summed E-state index contributed by atoms with van der Waals surface area (Å²) in [6, 6.07) is 12.5. The van der Waals surface area contributed by atoms with Crippen LogP contribution in [-0.2, 0) is 12.8 Å². The summed E-state index contributed by atoms with van der Waals surface area (Å²) in [6.45, 7) is 1.41. The van der Waals surface area contributed by atoms with Gasteiger partial charge in [0.15, 0.2) is 5.69 Å². The predicted octanol–water partition coefficient (Wildman–Crippen LogP) is 5.40. The summed E-state index contributed by atoms with van der Waals surface area (Å²) >= 11 is 0. The molecule has 1 aliphatic heterocycles. The lowest BCUT2D eigenvalue weighted by Crippen LogP contribution is -2.38. The number of aromatic nitrogens is 3. The summed E-state index contributed by atoms with van der Waals surface area (Å²) in [7, 11) is 1.69. The number of rotatable bonds is 4. The van der Waals surface area contributed by atoms with Gasteiger partial charge in [0.05, 0.1) is 12.8 Å². The molecule has 0 unspecified atom stereocenters. The Morgan fingerprint density at radius 1 is 1.09 bits per heavy atom. The zero-order valence-electron chi connectivity index (χ0n) is 19.9. The van der Waals surface area contributed by atoms with Crippen LogP contribution in [0.15, 0.2) is 48.7 Å². The molecule has 1 amide bonds. The standard InChI is InChI=1S/C28H29FN4O2/c1-35-21-10-11-25-23(16-21)24(17-30-25)18-12-14-32(15-13-18)28(34)27-22-4-2-3-5-26(22)33(31-27)20-8-6-19(29)7-9-20/h6-11,16-18,30H,2-5,12-15H2,1H3. The molecule has 1 fully saturated rings. The molecule has 3 heterocycles. The Bertz CT molecular complexity index is 1380. The Kier molecular flexibility index (Phi) is 5.55. The van der Waals surface area contributed by atoms with Crippen LogP contribution in [-0.4, -0.2) is 45.8 Å². The molecule has 1 aliphatic carbocycles. The number of hydrogen-bond donors (Lipinski definition) is 1. The van der Waals surface area contributed by atoms with Crippen molar-refractivity contribution >= 4 is 16.8 Å². The van der Waals surface area contributed by atoms with Gasteiger partial charge < -0.3 is 14.6 Å². The van der Waals surface area contributed by atoms with E-state index in [9.17, 15) is 9.18 Å². The first-order chi connectivity index (χ1) is 17.1. The highest BCUT2D eigenvalue weighted by molar-refractivity contribution is 5.94. The second kappa shape index (κ2) is 8.87. The number of benzene rings is 2. The second-order valence-electron chi connectivity index (χ2n) is 9.59. The van der Waals surface area contributed by atoms with Crippen molar-refractivity contribution in [3.05, 3.63) is 77.0 Å². The summed E-state index contributed by atoms with van der Waals surface area (Å²) in [6.07, 6.45) is 7.83. The maximum absolute atomic E-state index is 13.6. The van der Waals surface area contributed by atoms with Gasteiger partial charge in [0.1, 0.15) is 11.6 Å². The number of amides is 1. The summed E-state index contributed by atoms with van der Waals surface area (Å²) < 4.78 is 20.8. The van der Waals surface area contributed by atoms with Crippen molar-refractivity contribution < 1.29 is 13.9 Å². The number of hydrogen-bond acceptors (Lipinski definition) is 3. The number of nitrogens with one attached hydrogen (secondary N) is 1. The molecule has 35 heavy (non-hydrogen) atoms. The van der Waals surface area contributed by atoms with Crippen molar-refractivity contribution in [3.63, 3.8) is 0 Å². The molecule has 0 radical (unpaired) electrons. The SMILES string of the molecule is COc1ccc2[nH]cc(C3CCN(C(=O)c4nn(-c5ccc(F)cc5)c5c4CCCC5)CC3)c2c1. The van der Waals surface area contributed by atoms with Crippen LogP contribution < -0.4 is 4.74 Å². The van der Waals surface area contributed by atoms with E-state index in [1.165, 1.54) is 23.1 Å². The lowest BCUT2D eigenvalue weighted by atomic mass is 9.88. The molecular formula is C28H29FN4O2. The van der Waals surface area contributed by atoms with E-state index in [1.807, 2.05) is 15.6 Å². The van der Waals surface area contributed by atoms with E-state index in [-0.39, 0.29) is 11.7 Å². The van der Waals surface area contributed by atoms with Crippen molar-refractivity contribution in [3.8, 4) is 11.4 Å². The first-order valence-corrected chi connectivity index (χ1v) is 12.4. The highest BCUT2D eigenvalue weighted by Crippen LogP contribution is 2.35. The first kappa shape index (κ1) is 21.9. The molecule has 1 saturated heterocycles. The van der Waals surface area contributed by atoms with Crippen molar-refractivity contribution in [1.82, 2.24) is 19.7 Å². The van der Waals surface area contributed by atoms with E-state index in [1.54, 1.807) is 19.2 Å². The summed E-state index contributed by atoms with van der Waals surface area (Å²) in [4.78, 5) is 19.0. The highest BCUT2D eigenvalue weighted by atomic mass is 19.1. The number of likely N-dealkylation sites (tertiary alicyclic amines) is 1. The third-order valence-electron chi connectivity index (χ3n) is 7.60. The van der Waals surface area contributed by atoms with Crippen LogP contribution in [0, 0.1) is 5.82 Å². The molecule has 2 aromatic heterocycles. The average molecular weight is 473 g/mol. The normalized spacial score (nSPS) is 16.5. The summed E-state index contributed by atoms with van der Waals surface area (Å²) in [5.41, 5.74) is 5.93. The fourth-order valence-corrected chi connectivity index (χ4v) is 5.70. The van der Waals surface area contributed by atoms with Crippen LogP contribution in [0.4, 0.5) is 4.39 Å². The third-order valence-corrected chi connectivity index (χ3v) is 7.60. The van der Waals surface area contributed by atoms with Crippen LogP contribution in [0.25, 0.3) is 16.6 Å². The van der Waals surface area contributed by atoms with Gasteiger partial charge in [0.25, 0.3) is 5.91 Å². The van der Waals surface area contributed by atoms with E-state index in [0.717, 1.165) is 66.7 Å². The molecule has 1 N–H and O–H groups in total. The predicted molar refractivity (Wildman–Crippen MR) is 133 cm³/mol. The first-order valence-electron chi connectivity index (χ1n) is 12.4. The van der Waals surface area contributed by atoms with Gasteiger partial charge in [0.2, 0.25) is 0 Å². The molecule has 7 heteroatoms. The lowest BCUT2D eigenvalue weighted by Gasteiger charge is -2.32. The monoisotopic (exact) mass is 472 g/mol. The minimum atomic E-state index is -0.275. The highest BCUT2D eigenvalue weighted by Gasteiger charge is 2.31. The molecule has 0 atom stereocenters. The van der Waals surface area contributed by atoms with Gasteiger partial charge in [-0.1, -0.05) is 0 Å². The molecule has 180 valence electrons. The van der Waals surface area contributed by atoms with E-state index < -0.39 is 0 Å². The molecule has 0 spiro atoms. The molecule has 2 aromatic carbocycles. The number of piperidine rings is 1. The van der Waals surface area contributed by atoms with Gasteiger partial charge in [-0.25, -0.2) is 9.07 Å². The minimum Gasteiger partial charge on any atom is -0.497 e. The number of nitrogens with zero attached hydrogens (tertiary/aromatic N) is 3. The third kappa shape index (κ3) is 3.89. The molecular weight excluding hydrogens is 443 g/mol. The number of halogens is 1. The molecule has 0 bridgehead atoms. The van der Waals surface area contributed by atoms with E-state index in [4.69, 9.17) is 9.84 Å². The van der Waals surface area contributed by atoms with Gasteiger partial charge >= 0.3 is 0 Å². The molecule has 6 nitrogen and oxygen atoms in total. The lowest BCUT2D eigenvalue weighted by molar-refractivity contribution is 0.0705. The number of aromatic amines is 1. The number of ether oxygens (including phenoxy) is 1. The Hall–Kier alpha value is -3.61. The zero-order valence-corrected chi connectivity index (χ0v) is 19.9. The second-order valence-corrected chi connectivity index (χ2v) is 9.59. The average Bonchev–Trinajstić information content (AvgIpc) is 3.50. The van der Waals surface area contributed by atoms with Crippen LogP contribution in [0.5, 0.6) is 5.75 Å². The van der Waals surface area contributed by atoms with Crippen molar-refractivity contribution in [2.75, 3.05) is 20.2 Å². The number of H-pyrrole nitrogens is 1. The Labute approximate surface area is 203 Å². The van der Waals surface area contributed by atoms with Crippen LogP contribution in [0.1, 0.15) is 58.9 Å². The largest absolute Gasteiger partial charge is 0.497 e. The van der Waals surface area contributed by atoms with Gasteiger partial charge in [-0.15, -0.1) is 0 Å². The maximum Gasteiger partial charge on any atom is 0.274 e. The summed E-state index contributed by atoms with van der Waals surface area (Å²) in [5, 5.41) is 5.98. The van der Waals surface area contributed by atoms with Crippen LogP contribution >= 0.6 is 0 Å². The molecule has 4 aromatic rings. The van der Waals surface area contributed by atoms with Gasteiger partial charge in [-0.3, -0.25) is 4.79 Å². The number of fused-ring (bicyclic) bond motifs is 2. The van der Waals surface area contributed by atoms with Crippen molar-refractivity contribution in [2.24, 2.45) is 0 Å². The van der Waals surface area contributed by atoms with E-state index >= 15 is 0 Å².